The lowest BCUT2D eigenvalue weighted by Gasteiger charge is -2.06. The zero-order valence-electron chi connectivity index (χ0n) is 10.2. The lowest BCUT2D eigenvalue weighted by atomic mass is 10.2. The van der Waals surface area contributed by atoms with E-state index in [4.69, 9.17) is 9.47 Å². The topological polar surface area (TPSA) is 78.7 Å². The molecule has 0 atom stereocenters. The Hall–Kier alpha value is -2.63. The highest BCUT2D eigenvalue weighted by molar-refractivity contribution is 5.90. The number of benzene rings is 1. The van der Waals surface area contributed by atoms with Gasteiger partial charge in [0.1, 0.15) is 19.0 Å². The third-order valence-corrected chi connectivity index (χ3v) is 2.04. The standard InChI is InChI=1S/C13H13NO5/c1-3-5-18-12-8-10(13(15)19-6-4-2)7-11(9-12)14(16)17/h3-4,7-9H,1-2,5-6H2. The normalized spacial score (nSPS) is 9.47. The number of esters is 1. The van der Waals surface area contributed by atoms with Gasteiger partial charge in [-0.2, -0.15) is 0 Å². The zero-order valence-corrected chi connectivity index (χ0v) is 10.2. The first-order valence-electron chi connectivity index (χ1n) is 5.39. The summed E-state index contributed by atoms with van der Waals surface area (Å²) in [4.78, 5) is 21.8. The van der Waals surface area contributed by atoms with Crippen molar-refractivity contribution < 1.29 is 19.2 Å². The zero-order chi connectivity index (χ0) is 14.3. The van der Waals surface area contributed by atoms with E-state index in [0.717, 1.165) is 6.07 Å². The van der Waals surface area contributed by atoms with E-state index in [1.807, 2.05) is 0 Å². The molecule has 6 nitrogen and oxygen atoms in total. The molecule has 0 aliphatic carbocycles. The van der Waals surface area contributed by atoms with E-state index in [9.17, 15) is 14.9 Å². The van der Waals surface area contributed by atoms with Crippen molar-refractivity contribution in [1.29, 1.82) is 0 Å². The number of non-ortho nitro benzene ring substituents is 1. The number of rotatable bonds is 7. The smallest absolute Gasteiger partial charge is 0.338 e. The number of nitrogens with zero attached hydrogens (tertiary/aromatic N) is 1. The van der Waals surface area contributed by atoms with Gasteiger partial charge in [0.2, 0.25) is 0 Å². The Morgan fingerprint density at radius 3 is 2.53 bits per heavy atom. The Balaban J connectivity index is 3.04. The summed E-state index contributed by atoms with van der Waals surface area (Å²) in [6.45, 7) is 7.09. The largest absolute Gasteiger partial charge is 0.489 e. The van der Waals surface area contributed by atoms with Crippen molar-refractivity contribution in [3.8, 4) is 5.75 Å². The Labute approximate surface area is 110 Å². The van der Waals surface area contributed by atoms with Gasteiger partial charge < -0.3 is 9.47 Å². The van der Waals surface area contributed by atoms with Crippen molar-refractivity contribution in [3.05, 3.63) is 59.2 Å². The first-order chi connectivity index (χ1) is 9.08. The number of hydrogen-bond acceptors (Lipinski definition) is 5. The SMILES string of the molecule is C=CCOC(=O)c1cc(OCC=C)cc([N+](=O)[O-])c1. The molecule has 0 amide bonds. The van der Waals surface area contributed by atoms with Crippen molar-refractivity contribution in [2.75, 3.05) is 13.2 Å². The molecule has 0 unspecified atom stereocenters. The van der Waals surface area contributed by atoms with Crippen molar-refractivity contribution >= 4 is 11.7 Å². The van der Waals surface area contributed by atoms with Gasteiger partial charge in [-0.3, -0.25) is 10.1 Å². The van der Waals surface area contributed by atoms with E-state index < -0.39 is 10.9 Å². The summed E-state index contributed by atoms with van der Waals surface area (Å²) >= 11 is 0. The van der Waals surface area contributed by atoms with Crippen molar-refractivity contribution in [1.82, 2.24) is 0 Å². The molecule has 0 N–H and O–H groups in total. The third-order valence-electron chi connectivity index (χ3n) is 2.04. The molecular weight excluding hydrogens is 250 g/mol. The van der Waals surface area contributed by atoms with E-state index >= 15 is 0 Å². The molecule has 1 aromatic carbocycles. The van der Waals surface area contributed by atoms with Gasteiger partial charge in [0.25, 0.3) is 5.69 Å². The molecule has 0 saturated carbocycles. The number of carbonyl (C=O) groups excluding carboxylic acids is 1. The van der Waals surface area contributed by atoms with Gasteiger partial charge in [-0.25, -0.2) is 4.79 Å². The van der Waals surface area contributed by atoms with Crippen LogP contribution < -0.4 is 4.74 Å². The molecule has 0 saturated heterocycles. The minimum Gasteiger partial charge on any atom is -0.489 e. The first kappa shape index (κ1) is 14.4. The van der Waals surface area contributed by atoms with Crippen LogP contribution in [0.2, 0.25) is 0 Å². The fourth-order valence-electron chi connectivity index (χ4n) is 1.26. The first-order valence-corrected chi connectivity index (χ1v) is 5.39. The van der Waals surface area contributed by atoms with Crippen LogP contribution in [0.4, 0.5) is 5.69 Å². The predicted octanol–water partition coefficient (Wildman–Crippen LogP) is 2.50. The summed E-state index contributed by atoms with van der Waals surface area (Å²) in [6, 6.07) is 3.74. The summed E-state index contributed by atoms with van der Waals surface area (Å²) in [5.41, 5.74) is -0.192. The Bertz CT molecular complexity index is 510. The average Bonchev–Trinajstić information content (AvgIpc) is 2.42. The van der Waals surface area contributed by atoms with Crippen molar-refractivity contribution in [3.63, 3.8) is 0 Å². The highest BCUT2D eigenvalue weighted by atomic mass is 16.6. The molecule has 19 heavy (non-hydrogen) atoms. The highest BCUT2D eigenvalue weighted by Gasteiger charge is 2.16. The van der Waals surface area contributed by atoms with Gasteiger partial charge in [0.05, 0.1) is 16.6 Å². The summed E-state index contributed by atoms with van der Waals surface area (Å²) in [6.07, 6.45) is 2.90. The molecule has 100 valence electrons. The van der Waals surface area contributed by atoms with E-state index in [1.54, 1.807) is 0 Å². The van der Waals surface area contributed by atoms with E-state index in [2.05, 4.69) is 13.2 Å². The third kappa shape index (κ3) is 4.27. The van der Waals surface area contributed by atoms with Gasteiger partial charge in [-0.05, 0) is 6.07 Å². The molecule has 0 radical (unpaired) electrons. The van der Waals surface area contributed by atoms with Crippen LogP contribution in [-0.2, 0) is 4.74 Å². The summed E-state index contributed by atoms with van der Waals surface area (Å²) in [5.74, 6) is -0.466. The van der Waals surface area contributed by atoms with Gasteiger partial charge in [-0.15, -0.1) is 0 Å². The molecule has 1 rings (SSSR count). The molecule has 0 fully saturated rings. The lowest BCUT2D eigenvalue weighted by Crippen LogP contribution is -2.06. The Kier molecular flexibility index (Phi) is 5.28. The molecule has 0 bridgehead atoms. The summed E-state index contributed by atoms with van der Waals surface area (Å²) in [7, 11) is 0. The van der Waals surface area contributed by atoms with Crippen LogP contribution in [0.5, 0.6) is 5.75 Å². The number of carbonyl (C=O) groups is 1. The average molecular weight is 263 g/mol. The minimum atomic E-state index is -0.674. The Morgan fingerprint density at radius 2 is 1.95 bits per heavy atom. The van der Waals surface area contributed by atoms with Crippen molar-refractivity contribution in [2.45, 2.75) is 0 Å². The maximum atomic E-state index is 11.6. The van der Waals surface area contributed by atoms with Gasteiger partial charge in [0, 0.05) is 6.07 Å². The van der Waals surface area contributed by atoms with Gasteiger partial charge in [-0.1, -0.05) is 25.3 Å². The fourth-order valence-corrected chi connectivity index (χ4v) is 1.26. The van der Waals surface area contributed by atoms with E-state index in [0.29, 0.717) is 0 Å². The molecule has 0 heterocycles. The molecular formula is C13H13NO5. The molecule has 6 heteroatoms. The van der Waals surface area contributed by atoms with Crippen LogP contribution in [-0.4, -0.2) is 24.1 Å². The van der Waals surface area contributed by atoms with Gasteiger partial charge in [0.15, 0.2) is 0 Å². The van der Waals surface area contributed by atoms with E-state index in [1.165, 1.54) is 24.3 Å². The van der Waals surface area contributed by atoms with Crippen LogP contribution in [0.15, 0.2) is 43.5 Å². The quantitative estimate of drug-likeness (QED) is 0.327. The maximum absolute atomic E-state index is 11.6. The van der Waals surface area contributed by atoms with Crippen LogP contribution in [0.3, 0.4) is 0 Å². The van der Waals surface area contributed by atoms with Crippen LogP contribution >= 0.6 is 0 Å². The van der Waals surface area contributed by atoms with E-state index in [-0.39, 0.29) is 30.2 Å². The number of nitro groups is 1. The maximum Gasteiger partial charge on any atom is 0.338 e. The van der Waals surface area contributed by atoms with Gasteiger partial charge >= 0.3 is 5.97 Å². The number of hydrogen-bond donors (Lipinski definition) is 0. The molecule has 0 aliphatic heterocycles. The second-order valence-electron chi connectivity index (χ2n) is 3.46. The number of nitro benzene ring substituents is 1. The van der Waals surface area contributed by atoms with Crippen LogP contribution in [0.25, 0.3) is 0 Å². The second-order valence-corrected chi connectivity index (χ2v) is 3.46. The minimum absolute atomic E-state index is 0.0321. The monoisotopic (exact) mass is 263 g/mol. The lowest BCUT2D eigenvalue weighted by molar-refractivity contribution is -0.385. The molecule has 1 aromatic rings. The molecule has 0 spiro atoms. The number of ether oxygens (including phenoxy) is 2. The second kappa shape index (κ2) is 6.95. The summed E-state index contributed by atoms with van der Waals surface area (Å²) in [5, 5.41) is 10.8. The fraction of sp³-hybridized carbons (Fsp3) is 0.154. The highest BCUT2D eigenvalue weighted by Crippen LogP contribution is 2.23. The van der Waals surface area contributed by atoms with Crippen LogP contribution in [0, 0.1) is 10.1 Å². The summed E-state index contributed by atoms with van der Waals surface area (Å²) < 4.78 is 10.0. The molecule has 0 aliphatic rings. The van der Waals surface area contributed by atoms with Crippen LogP contribution in [0.1, 0.15) is 10.4 Å². The predicted molar refractivity (Wildman–Crippen MR) is 69.3 cm³/mol. The molecule has 0 aromatic heterocycles. The van der Waals surface area contributed by atoms with Crippen molar-refractivity contribution in [2.24, 2.45) is 0 Å². The Morgan fingerprint density at radius 1 is 1.26 bits per heavy atom.